The molecule has 1 aliphatic carbocycles. The Bertz CT molecular complexity index is 500. The van der Waals surface area contributed by atoms with E-state index in [-0.39, 0.29) is 0 Å². The van der Waals surface area contributed by atoms with E-state index >= 15 is 0 Å². The lowest BCUT2D eigenvalue weighted by atomic mass is 10.2. The van der Waals surface area contributed by atoms with Gasteiger partial charge in [0.1, 0.15) is 5.76 Å². The predicted octanol–water partition coefficient (Wildman–Crippen LogP) is 2.29. The van der Waals surface area contributed by atoms with Gasteiger partial charge in [0.15, 0.2) is 0 Å². The van der Waals surface area contributed by atoms with Gasteiger partial charge < -0.3 is 4.52 Å². The molecule has 1 aliphatic rings. The molecule has 4 heteroatoms. The summed E-state index contributed by atoms with van der Waals surface area (Å²) in [6.45, 7) is 5.04. The van der Waals surface area contributed by atoms with E-state index in [0.29, 0.717) is 11.8 Å². The lowest BCUT2D eigenvalue weighted by Gasteiger charge is -2.02. The number of aryl methyl sites for hydroxylation is 2. The predicted molar refractivity (Wildman–Crippen MR) is 59.1 cm³/mol. The van der Waals surface area contributed by atoms with Crippen molar-refractivity contribution in [3.8, 4) is 0 Å². The van der Waals surface area contributed by atoms with Crippen molar-refractivity contribution in [1.29, 1.82) is 0 Å². The van der Waals surface area contributed by atoms with Crippen molar-refractivity contribution in [3.05, 3.63) is 35.5 Å². The van der Waals surface area contributed by atoms with Crippen LogP contribution in [0.4, 0.5) is 0 Å². The van der Waals surface area contributed by atoms with Crippen LogP contribution in [0, 0.1) is 19.8 Å². The normalized spacial score (nSPS) is 23.6. The van der Waals surface area contributed by atoms with Crippen LogP contribution >= 0.6 is 0 Å². The first-order valence-electron chi connectivity index (χ1n) is 5.65. The minimum atomic E-state index is 0.546. The summed E-state index contributed by atoms with van der Waals surface area (Å²) in [4.78, 5) is 0. The summed E-state index contributed by atoms with van der Waals surface area (Å²) >= 11 is 0. The standard InChI is InChI=1S/C12H15N3O/c1-8-5-12(16-14-8)11-6-10(11)7-15-9(2)3-4-13-15/h3-5,10-11H,6-7H2,1-2H3. The Morgan fingerprint density at radius 1 is 1.50 bits per heavy atom. The first kappa shape index (κ1) is 9.63. The zero-order chi connectivity index (χ0) is 11.1. The SMILES string of the molecule is Cc1cc(C2CC2Cn2nccc2C)on1. The highest BCUT2D eigenvalue weighted by atomic mass is 16.5. The van der Waals surface area contributed by atoms with Gasteiger partial charge in [-0.05, 0) is 32.3 Å². The molecular formula is C12H15N3O. The molecule has 0 spiro atoms. The van der Waals surface area contributed by atoms with Gasteiger partial charge in [0.2, 0.25) is 0 Å². The molecule has 0 saturated heterocycles. The average Bonchev–Trinajstić information content (AvgIpc) is 2.69. The fourth-order valence-corrected chi connectivity index (χ4v) is 2.17. The maximum atomic E-state index is 5.29. The summed E-state index contributed by atoms with van der Waals surface area (Å²) in [5.41, 5.74) is 2.19. The summed E-state index contributed by atoms with van der Waals surface area (Å²) in [6.07, 6.45) is 3.04. The third-order valence-corrected chi connectivity index (χ3v) is 3.27. The highest BCUT2D eigenvalue weighted by Crippen LogP contribution is 2.48. The van der Waals surface area contributed by atoms with E-state index in [1.807, 2.05) is 25.3 Å². The number of hydrogen-bond donors (Lipinski definition) is 0. The maximum Gasteiger partial charge on any atom is 0.140 e. The molecule has 0 aromatic carbocycles. The van der Waals surface area contributed by atoms with Gasteiger partial charge >= 0.3 is 0 Å². The maximum absolute atomic E-state index is 5.29. The van der Waals surface area contributed by atoms with Crippen LogP contribution in [0.1, 0.15) is 29.5 Å². The van der Waals surface area contributed by atoms with Crippen molar-refractivity contribution >= 4 is 0 Å². The number of rotatable bonds is 3. The van der Waals surface area contributed by atoms with Crippen LogP contribution in [0.5, 0.6) is 0 Å². The van der Waals surface area contributed by atoms with E-state index in [1.165, 1.54) is 12.1 Å². The van der Waals surface area contributed by atoms with Crippen LogP contribution in [0.3, 0.4) is 0 Å². The second-order valence-corrected chi connectivity index (χ2v) is 4.63. The Kier molecular flexibility index (Phi) is 2.09. The number of hydrogen-bond acceptors (Lipinski definition) is 3. The van der Waals surface area contributed by atoms with Gasteiger partial charge in [-0.3, -0.25) is 4.68 Å². The fourth-order valence-electron chi connectivity index (χ4n) is 2.17. The zero-order valence-corrected chi connectivity index (χ0v) is 9.55. The van der Waals surface area contributed by atoms with Gasteiger partial charge in [-0.1, -0.05) is 5.16 Å². The first-order chi connectivity index (χ1) is 7.74. The van der Waals surface area contributed by atoms with Crippen LogP contribution in [0.15, 0.2) is 22.9 Å². The number of nitrogens with zero attached hydrogens (tertiary/aromatic N) is 3. The Labute approximate surface area is 94.2 Å². The average molecular weight is 217 g/mol. The summed E-state index contributed by atoms with van der Waals surface area (Å²) in [7, 11) is 0. The van der Waals surface area contributed by atoms with E-state index in [2.05, 4.69) is 21.9 Å². The molecule has 2 atom stereocenters. The molecular weight excluding hydrogens is 202 g/mol. The Hall–Kier alpha value is -1.58. The first-order valence-corrected chi connectivity index (χ1v) is 5.65. The van der Waals surface area contributed by atoms with E-state index in [4.69, 9.17) is 4.52 Å². The molecule has 1 fully saturated rings. The fraction of sp³-hybridized carbons (Fsp3) is 0.500. The van der Waals surface area contributed by atoms with Gasteiger partial charge in [-0.15, -0.1) is 0 Å². The highest BCUT2D eigenvalue weighted by Gasteiger charge is 2.41. The van der Waals surface area contributed by atoms with E-state index in [1.54, 1.807) is 0 Å². The van der Waals surface area contributed by atoms with Crippen LogP contribution in [0.2, 0.25) is 0 Å². The van der Waals surface area contributed by atoms with E-state index in [0.717, 1.165) is 18.0 Å². The molecule has 0 aliphatic heterocycles. The third-order valence-electron chi connectivity index (χ3n) is 3.27. The second-order valence-electron chi connectivity index (χ2n) is 4.63. The van der Waals surface area contributed by atoms with Crippen molar-refractivity contribution in [1.82, 2.24) is 14.9 Å². The molecule has 0 amide bonds. The van der Waals surface area contributed by atoms with Crippen LogP contribution in [-0.2, 0) is 6.54 Å². The molecule has 0 radical (unpaired) electrons. The lowest BCUT2D eigenvalue weighted by Crippen LogP contribution is -2.04. The lowest BCUT2D eigenvalue weighted by molar-refractivity contribution is 0.373. The molecule has 16 heavy (non-hydrogen) atoms. The van der Waals surface area contributed by atoms with Crippen molar-refractivity contribution in [2.75, 3.05) is 0 Å². The topological polar surface area (TPSA) is 43.9 Å². The van der Waals surface area contributed by atoms with Crippen LogP contribution < -0.4 is 0 Å². The molecule has 2 aromatic heterocycles. The molecule has 0 bridgehead atoms. The van der Waals surface area contributed by atoms with Gasteiger partial charge in [-0.2, -0.15) is 5.10 Å². The van der Waals surface area contributed by atoms with E-state index in [9.17, 15) is 0 Å². The molecule has 4 nitrogen and oxygen atoms in total. The van der Waals surface area contributed by atoms with Crippen molar-refractivity contribution in [2.45, 2.75) is 32.7 Å². The molecule has 0 N–H and O–H groups in total. The zero-order valence-electron chi connectivity index (χ0n) is 9.55. The monoisotopic (exact) mass is 217 g/mol. The minimum absolute atomic E-state index is 0.546. The quantitative estimate of drug-likeness (QED) is 0.792. The van der Waals surface area contributed by atoms with E-state index < -0.39 is 0 Å². The van der Waals surface area contributed by atoms with Crippen LogP contribution in [0.25, 0.3) is 0 Å². The summed E-state index contributed by atoms with van der Waals surface area (Å²) in [5.74, 6) is 2.24. The minimum Gasteiger partial charge on any atom is -0.361 e. The molecule has 2 unspecified atom stereocenters. The smallest absolute Gasteiger partial charge is 0.140 e. The molecule has 2 aromatic rings. The van der Waals surface area contributed by atoms with Gasteiger partial charge in [0, 0.05) is 30.4 Å². The van der Waals surface area contributed by atoms with Crippen molar-refractivity contribution in [3.63, 3.8) is 0 Å². The highest BCUT2D eigenvalue weighted by molar-refractivity contribution is 5.16. The Morgan fingerprint density at radius 3 is 3.00 bits per heavy atom. The second kappa shape index (κ2) is 3.47. The molecule has 84 valence electrons. The Balaban J connectivity index is 1.67. The van der Waals surface area contributed by atoms with Crippen LogP contribution in [-0.4, -0.2) is 14.9 Å². The van der Waals surface area contributed by atoms with Gasteiger partial charge in [0.05, 0.1) is 5.69 Å². The largest absolute Gasteiger partial charge is 0.361 e. The molecule has 1 saturated carbocycles. The van der Waals surface area contributed by atoms with Crippen molar-refractivity contribution < 1.29 is 4.52 Å². The summed E-state index contributed by atoms with van der Waals surface area (Å²) < 4.78 is 7.35. The van der Waals surface area contributed by atoms with Gasteiger partial charge in [0.25, 0.3) is 0 Å². The third kappa shape index (κ3) is 1.64. The van der Waals surface area contributed by atoms with Crippen molar-refractivity contribution in [2.24, 2.45) is 5.92 Å². The number of aromatic nitrogens is 3. The van der Waals surface area contributed by atoms with Gasteiger partial charge in [-0.25, -0.2) is 0 Å². The summed E-state index contributed by atoms with van der Waals surface area (Å²) in [6, 6.07) is 4.08. The molecule has 2 heterocycles. The Morgan fingerprint density at radius 2 is 2.38 bits per heavy atom. The summed E-state index contributed by atoms with van der Waals surface area (Å²) in [5, 5.41) is 8.23. The molecule has 3 rings (SSSR count).